The van der Waals surface area contributed by atoms with E-state index in [9.17, 15) is 4.79 Å². The Kier molecular flexibility index (Phi) is 4.26. The lowest BCUT2D eigenvalue weighted by atomic mass is 9.85. The van der Waals surface area contributed by atoms with Crippen molar-refractivity contribution in [3.05, 3.63) is 0 Å². The average Bonchev–Trinajstić information content (AvgIpc) is 2.25. The van der Waals surface area contributed by atoms with Gasteiger partial charge in [0.05, 0.1) is 7.11 Å². The highest BCUT2D eigenvalue weighted by Gasteiger charge is 2.29. The molecule has 0 bridgehead atoms. The topological polar surface area (TPSA) is 41.6 Å². The van der Waals surface area contributed by atoms with E-state index in [1.54, 1.807) is 0 Å². The van der Waals surface area contributed by atoms with Gasteiger partial charge in [-0.1, -0.05) is 13.3 Å². The van der Waals surface area contributed by atoms with Gasteiger partial charge in [0.25, 0.3) is 0 Å². The van der Waals surface area contributed by atoms with E-state index in [1.165, 1.54) is 32.8 Å². The predicted octanol–water partition coefficient (Wildman–Crippen LogP) is 1.85. The van der Waals surface area contributed by atoms with Gasteiger partial charge < -0.3 is 15.0 Å². The van der Waals surface area contributed by atoms with Crippen LogP contribution in [0, 0.1) is 11.8 Å². The summed E-state index contributed by atoms with van der Waals surface area (Å²) in [6.45, 7) is 4.94. The van der Waals surface area contributed by atoms with E-state index in [4.69, 9.17) is 4.74 Å². The second-order valence-electron chi connectivity index (χ2n) is 5.62. The third-order valence-corrected chi connectivity index (χ3v) is 4.01. The van der Waals surface area contributed by atoms with Gasteiger partial charge in [-0.05, 0) is 37.6 Å². The first-order chi connectivity index (χ1) is 8.19. The number of carbonyl (C=O) groups is 1. The third kappa shape index (κ3) is 3.35. The van der Waals surface area contributed by atoms with Crippen molar-refractivity contribution >= 4 is 6.09 Å². The van der Waals surface area contributed by atoms with Crippen LogP contribution in [0.15, 0.2) is 0 Å². The van der Waals surface area contributed by atoms with Gasteiger partial charge in [0.2, 0.25) is 0 Å². The molecule has 2 atom stereocenters. The van der Waals surface area contributed by atoms with Crippen molar-refractivity contribution in [3.63, 3.8) is 0 Å². The van der Waals surface area contributed by atoms with Crippen LogP contribution in [0.3, 0.4) is 0 Å². The zero-order chi connectivity index (χ0) is 12.3. The van der Waals surface area contributed by atoms with Crippen molar-refractivity contribution < 1.29 is 9.53 Å². The highest BCUT2D eigenvalue weighted by molar-refractivity contribution is 5.67. The Bertz CT molecular complexity index is 266. The number of hydrogen-bond donors (Lipinski definition) is 1. The maximum atomic E-state index is 11.5. The number of carbonyl (C=O) groups excluding carboxylic acids is 1. The number of nitrogens with one attached hydrogen (secondary N) is 1. The second kappa shape index (κ2) is 5.71. The van der Waals surface area contributed by atoms with Gasteiger partial charge in [0.15, 0.2) is 0 Å². The average molecular weight is 240 g/mol. The van der Waals surface area contributed by atoms with Gasteiger partial charge in [-0.2, -0.15) is 0 Å². The number of nitrogens with zero attached hydrogens (tertiary/aromatic N) is 1. The zero-order valence-corrected chi connectivity index (χ0v) is 10.9. The number of rotatable bonds is 3. The van der Waals surface area contributed by atoms with Gasteiger partial charge in [0, 0.05) is 19.1 Å². The van der Waals surface area contributed by atoms with E-state index >= 15 is 0 Å². The quantitative estimate of drug-likeness (QED) is 0.818. The Hall–Kier alpha value is -0.770. The molecule has 98 valence electrons. The minimum atomic E-state index is -0.188. The summed E-state index contributed by atoms with van der Waals surface area (Å²) in [7, 11) is 1.46. The van der Waals surface area contributed by atoms with Crippen molar-refractivity contribution in [2.24, 2.45) is 11.8 Å². The summed E-state index contributed by atoms with van der Waals surface area (Å²) in [5, 5.41) is 3.61. The normalized spacial score (nSPS) is 29.9. The van der Waals surface area contributed by atoms with Crippen LogP contribution in [0.25, 0.3) is 0 Å². The maximum Gasteiger partial charge on any atom is 0.409 e. The largest absolute Gasteiger partial charge is 0.453 e. The highest BCUT2D eigenvalue weighted by atomic mass is 16.5. The van der Waals surface area contributed by atoms with Crippen molar-refractivity contribution in [1.82, 2.24) is 10.2 Å². The molecule has 2 unspecified atom stereocenters. The predicted molar refractivity (Wildman–Crippen MR) is 66.9 cm³/mol. The van der Waals surface area contributed by atoms with E-state index in [2.05, 4.69) is 12.2 Å². The van der Waals surface area contributed by atoms with Crippen molar-refractivity contribution in [2.75, 3.05) is 26.7 Å². The van der Waals surface area contributed by atoms with Gasteiger partial charge in [-0.25, -0.2) is 4.79 Å². The molecule has 4 nitrogen and oxygen atoms in total. The van der Waals surface area contributed by atoms with Gasteiger partial charge >= 0.3 is 6.09 Å². The number of ether oxygens (including phenoxy) is 1. The molecule has 2 fully saturated rings. The molecule has 1 saturated carbocycles. The van der Waals surface area contributed by atoms with Crippen LogP contribution in [-0.4, -0.2) is 43.8 Å². The summed E-state index contributed by atoms with van der Waals surface area (Å²) >= 11 is 0. The Balaban J connectivity index is 1.78. The molecule has 1 heterocycles. The van der Waals surface area contributed by atoms with E-state index < -0.39 is 0 Å². The molecular weight excluding hydrogens is 216 g/mol. The molecule has 0 aromatic rings. The number of amides is 1. The first kappa shape index (κ1) is 12.7. The zero-order valence-electron chi connectivity index (χ0n) is 10.9. The number of methoxy groups -OCH3 is 1. The molecule has 0 aromatic heterocycles. The molecule has 1 aliphatic heterocycles. The number of likely N-dealkylation sites (tertiary alicyclic amines) is 1. The first-order valence-corrected chi connectivity index (χ1v) is 6.75. The van der Waals surface area contributed by atoms with E-state index in [0.29, 0.717) is 12.0 Å². The van der Waals surface area contributed by atoms with Crippen LogP contribution in [0.2, 0.25) is 0 Å². The fourth-order valence-electron chi connectivity index (χ4n) is 2.81. The van der Waals surface area contributed by atoms with Crippen LogP contribution in [0.5, 0.6) is 0 Å². The molecule has 1 N–H and O–H groups in total. The Morgan fingerprint density at radius 3 is 2.76 bits per heavy atom. The summed E-state index contributed by atoms with van der Waals surface area (Å²) in [6.07, 6.45) is 5.11. The first-order valence-electron chi connectivity index (χ1n) is 6.75. The van der Waals surface area contributed by atoms with E-state index in [-0.39, 0.29) is 6.09 Å². The maximum absolute atomic E-state index is 11.5. The molecule has 17 heavy (non-hydrogen) atoms. The van der Waals surface area contributed by atoms with Crippen LogP contribution in [0.1, 0.15) is 32.6 Å². The lowest BCUT2D eigenvalue weighted by Crippen LogP contribution is -2.51. The van der Waals surface area contributed by atoms with E-state index in [1.807, 2.05) is 4.90 Å². The fraction of sp³-hybridized carbons (Fsp3) is 0.923. The molecule has 0 radical (unpaired) electrons. The summed E-state index contributed by atoms with van der Waals surface area (Å²) in [5.41, 5.74) is 0. The Labute approximate surface area is 104 Å². The molecule has 2 aliphatic rings. The van der Waals surface area contributed by atoms with Gasteiger partial charge in [0.1, 0.15) is 0 Å². The smallest absolute Gasteiger partial charge is 0.409 e. The van der Waals surface area contributed by atoms with Crippen molar-refractivity contribution in [3.8, 4) is 0 Å². The number of piperidine rings is 1. The minimum absolute atomic E-state index is 0.188. The molecule has 1 aliphatic carbocycles. The lowest BCUT2D eigenvalue weighted by molar-refractivity contribution is 0.0923. The van der Waals surface area contributed by atoms with Crippen molar-refractivity contribution in [2.45, 2.75) is 38.6 Å². The van der Waals surface area contributed by atoms with Crippen LogP contribution in [-0.2, 0) is 4.74 Å². The second-order valence-corrected chi connectivity index (χ2v) is 5.62. The highest BCUT2D eigenvalue weighted by Crippen LogP contribution is 2.26. The summed E-state index contributed by atoms with van der Waals surface area (Å²) in [5.74, 6) is 1.43. The van der Waals surface area contributed by atoms with E-state index in [0.717, 1.165) is 25.6 Å². The molecule has 2 rings (SSSR count). The molecule has 0 aromatic carbocycles. The van der Waals surface area contributed by atoms with Gasteiger partial charge in [-0.15, -0.1) is 0 Å². The lowest BCUT2D eigenvalue weighted by Gasteiger charge is -2.37. The van der Waals surface area contributed by atoms with Crippen LogP contribution in [0.4, 0.5) is 4.79 Å². The molecular formula is C13H24N2O2. The third-order valence-electron chi connectivity index (χ3n) is 4.01. The number of hydrogen-bond acceptors (Lipinski definition) is 3. The van der Waals surface area contributed by atoms with Crippen LogP contribution >= 0.6 is 0 Å². The summed E-state index contributed by atoms with van der Waals surface area (Å²) < 4.78 is 4.80. The molecule has 0 spiro atoms. The standard InChI is InChI=1S/C13H24N2O2/c1-10-6-12(14-7-11-4-3-5-11)9-15(8-10)13(16)17-2/h10-12,14H,3-9H2,1-2H3. The summed E-state index contributed by atoms with van der Waals surface area (Å²) in [6, 6.07) is 0.443. The minimum Gasteiger partial charge on any atom is -0.453 e. The monoisotopic (exact) mass is 240 g/mol. The molecule has 1 saturated heterocycles. The Morgan fingerprint density at radius 2 is 2.18 bits per heavy atom. The Morgan fingerprint density at radius 1 is 1.41 bits per heavy atom. The van der Waals surface area contributed by atoms with Crippen molar-refractivity contribution in [1.29, 1.82) is 0 Å². The fourth-order valence-corrected chi connectivity index (χ4v) is 2.81. The van der Waals surface area contributed by atoms with Crippen LogP contribution < -0.4 is 5.32 Å². The summed E-state index contributed by atoms with van der Waals surface area (Å²) in [4.78, 5) is 13.4. The molecule has 4 heteroatoms. The molecule has 1 amide bonds. The van der Waals surface area contributed by atoms with Gasteiger partial charge in [-0.3, -0.25) is 0 Å². The SMILES string of the molecule is COC(=O)N1CC(C)CC(NCC2CCC2)C1.